The number of benzene rings is 1. The SMILES string of the molecule is Nc1ccc(S(=O)(=O)O)cc1.c1cc[nH]c1. The highest BCUT2D eigenvalue weighted by Crippen LogP contribution is 2.10. The van der Waals surface area contributed by atoms with Crippen molar-refractivity contribution < 1.29 is 13.0 Å². The van der Waals surface area contributed by atoms with E-state index in [9.17, 15) is 8.42 Å². The third-order valence-electron chi connectivity index (χ3n) is 1.67. The van der Waals surface area contributed by atoms with Gasteiger partial charge in [-0.05, 0) is 36.4 Å². The zero-order chi connectivity index (χ0) is 12.0. The van der Waals surface area contributed by atoms with E-state index in [-0.39, 0.29) is 4.90 Å². The number of H-pyrrole nitrogens is 1. The van der Waals surface area contributed by atoms with Gasteiger partial charge in [0.1, 0.15) is 0 Å². The van der Waals surface area contributed by atoms with Crippen LogP contribution in [0.4, 0.5) is 5.69 Å². The Morgan fingerprint density at radius 3 is 1.88 bits per heavy atom. The molecule has 86 valence electrons. The molecular formula is C10H12N2O3S. The zero-order valence-corrected chi connectivity index (χ0v) is 9.18. The van der Waals surface area contributed by atoms with Crippen molar-refractivity contribution in [2.45, 2.75) is 4.90 Å². The van der Waals surface area contributed by atoms with E-state index in [4.69, 9.17) is 10.3 Å². The van der Waals surface area contributed by atoms with E-state index in [1.165, 1.54) is 24.3 Å². The number of rotatable bonds is 1. The van der Waals surface area contributed by atoms with Gasteiger partial charge >= 0.3 is 0 Å². The average Bonchev–Trinajstić information content (AvgIpc) is 2.74. The molecular weight excluding hydrogens is 228 g/mol. The Morgan fingerprint density at radius 1 is 1.06 bits per heavy atom. The van der Waals surface area contributed by atoms with E-state index in [0.717, 1.165) is 0 Å². The number of nitrogen functional groups attached to an aromatic ring is 1. The second-order valence-electron chi connectivity index (χ2n) is 2.93. The summed E-state index contributed by atoms with van der Waals surface area (Å²) in [7, 11) is -4.08. The first-order chi connectivity index (χ1) is 7.50. The molecule has 0 atom stereocenters. The van der Waals surface area contributed by atoms with Gasteiger partial charge in [-0.25, -0.2) is 0 Å². The molecule has 0 radical (unpaired) electrons. The molecule has 0 spiro atoms. The molecule has 0 aliphatic heterocycles. The number of hydrogen-bond acceptors (Lipinski definition) is 3. The van der Waals surface area contributed by atoms with Gasteiger partial charge in [-0.1, -0.05) is 0 Å². The van der Waals surface area contributed by atoms with Crippen molar-refractivity contribution in [2.24, 2.45) is 0 Å². The smallest absolute Gasteiger partial charge is 0.294 e. The highest BCUT2D eigenvalue weighted by molar-refractivity contribution is 7.85. The minimum atomic E-state index is -4.08. The maximum absolute atomic E-state index is 10.5. The van der Waals surface area contributed by atoms with E-state index in [0.29, 0.717) is 5.69 Å². The van der Waals surface area contributed by atoms with Gasteiger partial charge in [0.05, 0.1) is 4.90 Å². The monoisotopic (exact) mass is 240 g/mol. The standard InChI is InChI=1S/C6H7NO3S.C4H5N/c7-5-1-3-6(4-2-5)11(8,9)10;1-2-4-5-3-1/h1-4H,7H2,(H,8,9,10);1-5H. The maximum atomic E-state index is 10.5. The normalized spacial score (nSPS) is 10.3. The van der Waals surface area contributed by atoms with Gasteiger partial charge < -0.3 is 10.7 Å². The highest BCUT2D eigenvalue weighted by Gasteiger charge is 2.06. The number of hydrogen-bond donors (Lipinski definition) is 3. The molecule has 0 aliphatic rings. The number of aromatic nitrogens is 1. The Kier molecular flexibility index (Phi) is 4.10. The molecule has 0 aliphatic carbocycles. The quantitative estimate of drug-likeness (QED) is 0.520. The Morgan fingerprint density at radius 2 is 1.56 bits per heavy atom. The van der Waals surface area contributed by atoms with Crippen molar-refractivity contribution in [2.75, 3.05) is 5.73 Å². The largest absolute Gasteiger partial charge is 0.399 e. The van der Waals surface area contributed by atoms with Crippen LogP contribution < -0.4 is 5.73 Å². The lowest BCUT2D eigenvalue weighted by Crippen LogP contribution is -1.97. The molecule has 2 rings (SSSR count). The van der Waals surface area contributed by atoms with E-state index < -0.39 is 10.1 Å². The highest BCUT2D eigenvalue weighted by atomic mass is 32.2. The fourth-order valence-corrected chi connectivity index (χ4v) is 1.40. The van der Waals surface area contributed by atoms with Crippen molar-refractivity contribution in [3.63, 3.8) is 0 Å². The molecule has 0 saturated carbocycles. The van der Waals surface area contributed by atoms with Crippen LogP contribution in [-0.4, -0.2) is 18.0 Å². The summed E-state index contributed by atoms with van der Waals surface area (Å²) >= 11 is 0. The number of aromatic amines is 1. The summed E-state index contributed by atoms with van der Waals surface area (Å²) in [6.45, 7) is 0. The first-order valence-electron chi connectivity index (χ1n) is 4.41. The van der Waals surface area contributed by atoms with Gasteiger partial charge in [-0.3, -0.25) is 4.55 Å². The number of anilines is 1. The van der Waals surface area contributed by atoms with Crippen LogP contribution in [-0.2, 0) is 10.1 Å². The lowest BCUT2D eigenvalue weighted by Gasteiger charge is -1.95. The summed E-state index contributed by atoms with van der Waals surface area (Å²) in [6, 6.07) is 9.18. The Labute approximate surface area is 93.7 Å². The first kappa shape index (κ1) is 12.3. The molecule has 1 heterocycles. The van der Waals surface area contributed by atoms with Gasteiger partial charge in [0, 0.05) is 18.1 Å². The summed E-state index contributed by atoms with van der Waals surface area (Å²) in [5.41, 5.74) is 5.75. The Hall–Kier alpha value is -1.79. The molecule has 0 fully saturated rings. The van der Waals surface area contributed by atoms with Crippen molar-refractivity contribution in [1.29, 1.82) is 0 Å². The van der Waals surface area contributed by atoms with Crippen LogP contribution in [0.1, 0.15) is 0 Å². The van der Waals surface area contributed by atoms with Crippen molar-refractivity contribution >= 4 is 15.8 Å². The van der Waals surface area contributed by atoms with Gasteiger partial charge in [0.15, 0.2) is 0 Å². The number of nitrogens with one attached hydrogen (secondary N) is 1. The summed E-state index contributed by atoms with van der Waals surface area (Å²) in [5.74, 6) is 0. The predicted octanol–water partition coefficient (Wildman–Crippen LogP) is 1.53. The second-order valence-corrected chi connectivity index (χ2v) is 4.35. The van der Waals surface area contributed by atoms with Gasteiger partial charge in [0.25, 0.3) is 10.1 Å². The molecule has 16 heavy (non-hydrogen) atoms. The molecule has 6 heteroatoms. The van der Waals surface area contributed by atoms with E-state index in [1.807, 2.05) is 24.5 Å². The molecule has 0 amide bonds. The number of nitrogens with two attached hydrogens (primary N) is 1. The minimum absolute atomic E-state index is 0.147. The van der Waals surface area contributed by atoms with Crippen LogP contribution in [0, 0.1) is 0 Å². The molecule has 0 unspecified atom stereocenters. The third-order valence-corrected chi connectivity index (χ3v) is 2.54. The topological polar surface area (TPSA) is 96.2 Å². The molecule has 1 aromatic carbocycles. The predicted molar refractivity (Wildman–Crippen MR) is 61.5 cm³/mol. The van der Waals surface area contributed by atoms with Gasteiger partial charge in [0.2, 0.25) is 0 Å². The third kappa shape index (κ3) is 4.16. The van der Waals surface area contributed by atoms with Crippen LogP contribution in [0.25, 0.3) is 0 Å². The molecule has 1 aromatic heterocycles. The first-order valence-corrected chi connectivity index (χ1v) is 5.85. The van der Waals surface area contributed by atoms with E-state index in [2.05, 4.69) is 4.98 Å². The molecule has 4 N–H and O–H groups in total. The summed E-state index contributed by atoms with van der Waals surface area (Å²) in [5, 5.41) is 0. The van der Waals surface area contributed by atoms with Crippen molar-refractivity contribution in [3.8, 4) is 0 Å². The Bertz CT molecular complexity index is 486. The van der Waals surface area contributed by atoms with Gasteiger partial charge in [-0.2, -0.15) is 8.42 Å². The summed E-state index contributed by atoms with van der Waals surface area (Å²) < 4.78 is 29.4. The van der Waals surface area contributed by atoms with E-state index >= 15 is 0 Å². The minimum Gasteiger partial charge on any atom is -0.399 e. The maximum Gasteiger partial charge on any atom is 0.294 e. The van der Waals surface area contributed by atoms with E-state index in [1.54, 1.807) is 0 Å². The fourth-order valence-electron chi connectivity index (χ4n) is 0.918. The Balaban J connectivity index is 0.000000212. The van der Waals surface area contributed by atoms with Gasteiger partial charge in [-0.15, -0.1) is 0 Å². The van der Waals surface area contributed by atoms with Crippen LogP contribution in [0.15, 0.2) is 53.7 Å². The lowest BCUT2D eigenvalue weighted by atomic mass is 10.3. The molecule has 0 bridgehead atoms. The summed E-state index contributed by atoms with van der Waals surface area (Å²) in [6.07, 6.45) is 3.75. The van der Waals surface area contributed by atoms with Crippen LogP contribution >= 0.6 is 0 Å². The van der Waals surface area contributed by atoms with Crippen LogP contribution in [0.5, 0.6) is 0 Å². The van der Waals surface area contributed by atoms with Crippen LogP contribution in [0.2, 0.25) is 0 Å². The lowest BCUT2D eigenvalue weighted by molar-refractivity contribution is 0.483. The summed E-state index contributed by atoms with van der Waals surface area (Å²) in [4.78, 5) is 2.71. The second kappa shape index (κ2) is 5.34. The molecule has 5 nitrogen and oxygen atoms in total. The molecule has 0 saturated heterocycles. The van der Waals surface area contributed by atoms with Crippen molar-refractivity contribution in [1.82, 2.24) is 4.98 Å². The molecule has 2 aromatic rings. The fraction of sp³-hybridized carbons (Fsp3) is 0. The van der Waals surface area contributed by atoms with Crippen LogP contribution in [0.3, 0.4) is 0 Å². The zero-order valence-electron chi connectivity index (χ0n) is 8.37. The van der Waals surface area contributed by atoms with Crippen molar-refractivity contribution in [3.05, 3.63) is 48.8 Å². The average molecular weight is 240 g/mol.